The number of hydrogen-bond donors (Lipinski definition) is 3. The summed E-state index contributed by atoms with van der Waals surface area (Å²) in [6.07, 6.45) is 0.188. The Hall–Kier alpha value is -2.57. The molecular formula is C18H26N4O3. The molecule has 1 heterocycles. The molecule has 0 radical (unpaired) electrons. The van der Waals surface area contributed by atoms with Crippen molar-refractivity contribution >= 4 is 23.5 Å². The molecule has 3 N–H and O–H groups in total. The maximum absolute atomic E-state index is 11.9. The summed E-state index contributed by atoms with van der Waals surface area (Å²) in [4.78, 5) is 28.1. The van der Waals surface area contributed by atoms with Crippen LogP contribution in [0.1, 0.15) is 46.6 Å². The lowest BCUT2D eigenvalue weighted by Crippen LogP contribution is -2.51. The first-order valence-corrected chi connectivity index (χ1v) is 8.38. The second-order valence-corrected chi connectivity index (χ2v) is 7.44. The van der Waals surface area contributed by atoms with Gasteiger partial charge in [0.25, 0.3) is 5.91 Å². The Bertz CT molecular complexity index is 660. The second-order valence-electron chi connectivity index (χ2n) is 7.44. The van der Waals surface area contributed by atoms with Crippen LogP contribution >= 0.6 is 0 Å². The largest absolute Gasteiger partial charge is 0.444 e. The average molecular weight is 346 g/mol. The van der Waals surface area contributed by atoms with Gasteiger partial charge in [-0.05, 0) is 57.4 Å². The van der Waals surface area contributed by atoms with E-state index < -0.39 is 17.7 Å². The van der Waals surface area contributed by atoms with Gasteiger partial charge in [-0.1, -0.05) is 13.8 Å². The van der Waals surface area contributed by atoms with E-state index in [1.165, 1.54) is 0 Å². The van der Waals surface area contributed by atoms with Gasteiger partial charge >= 0.3 is 6.09 Å². The highest BCUT2D eigenvalue weighted by Gasteiger charge is 2.24. The molecule has 1 aromatic rings. The summed E-state index contributed by atoms with van der Waals surface area (Å²) >= 11 is 0. The fourth-order valence-corrected chi connectivity index (χ4v) is 2.34. The number of carbonyl (C=O) groups is 2. The molecule has 1 atom stereocenters. The Morgan fingerprint density at radius 1 is 1.24 bits per heavy atom. The number of hydrogen-bond acceptors (Lipinski definition) is 5. The number of anilines is 1. The zero-order chi connectivity index (χ0) is 18.6. The van der Waals surface area contributed by atoms with Crippen molar-refractivity contribution in [3.8, 4) is 0 Å². The number of hydrazine groups is 1. The Morgan fingerprint density at radius 2 is 1.88 bits per heavy atom. The zero-order valence-electron chi connectivity index (χ0n) is 15.3. The lowest BCUT2D eigenvalue weighted by Gasteiger charge is -2.23. The molecule has 25 heavy (non-hydrogen) atoms. The van der Waals surface area contributed by atoms with Crippen LogP contribution in [0.25, 0.3) is 0 Å². The van der Waals surface area contributed by atoms with Crippen LogP contribution < -0.4 is 16.2 Å². The minimum atomic E-state index is -0.547. The maximum Gasteiger partial charge on any atom is 0.412 e. The van der Waals surface area contributed by atoms with E-state index in [4.69, 9.17) is 4.74 Å². The van der Waals surface area contributed by atoms with Crippen molar-refractivity contribution in [1.82, 2.24) is 10.9 Å². The molecule has 136 valence electrons. The number of amides is 2. The van der Waals surface area contributed by atoms with Gasteiger partial charge in [-0.15, -0.1) is 0 Å². The van der Waals surface area contributed by atoms with Crippen molar-refractivity contribution in [3.05, 3.63) is 29.8 Å². The first kappa shape index (κ1) is 18.8. The third kappa shape index (κ3) is 5.77. The van der Waals surface area contributed by atoms with Crippen LogP contribution in [0.3, 0.4) is 0 Å². The molecule has 7 nitrogen and oxygen atoms in total. The number of carbonyl (C=O) groups excluding carboxylic acids is 2. The van der Waals surface area contributed by atoms with Crippen LogP contribution in [-0.4, -0.2) is 29.5 Å². The van der Waals surface area contributed by atoms with Gasteiger partial charge in [0.2, 0.25) is 0 Å². The van der Waals surface area contributed by atoms with Gasteiger partial charge in [-0.2, -0.15) is 0 Å². The minimum Gasteiger partial charge on any atom is -0.444 e. The second kappa shape index (κ2) is 7.55. The summed E-state index contributed by atoms with van der Waals surface area (Å²) < 4.78 is 5.22. The van der Waals surface area contributed by atoms with Crippen molar-refractivity contribution in [2.75, 3.05) is 5.32 Å². The number of ether oxygens (including phenoxy) is 1. The fraction of sp³-hybridized carbons (Fsp3) is 0.500. The van der Waals surface area contributed by atoms with E-state index in [0.29, 0.717) is 23.9 Å². The van der Waals surface area contributed by atoms with Crippen molar-refractivity contribution in [2.24, 2.45) is 10.9 Å². The molecule has 2 amide bonds. The Morgan fingerprint density at radius 3 is 2.44 bits per heavy atom. The van der Waals surface area contributed by atoms with Crippen LogP contribution in [0.5, 0.6) is 0 Å². The van der Waals surface area contributed by atoms with E-state index in [0.717, 1.165) is 5.56 Å². The standard InChI is InChI=1S/C18H26N4O3/c1-11(2)10-14-16(23)22-21-15(20-14)12-6-8-13(9-7-12)19-17(24)25-18(3,4)5/h6-9,11,14H,10H2,1-5H3,(H,19,24)(H,20,21)(H,22,23)/t14-/m0/s1. The number of nitrogens with one attached hydrogen (secondary N) is 3. The van der Waals surface area contributed by atoms with Crippen molar-refractivity contribution in [1.29, 1.82) is 0 Å². The molecule has 0 aliphatic carbocycles. The molecule has 0 fully saturated rings. The summed E-state index contributed by atoms with van der Waals surface area (Å²) in [6, 6.07) is 6.77. The van der Waals surface area contributed by atoms with E-state index in [2.05, 4.69) is 35.0 Å². The number of nitrogens with zero attached hydrogens (tertiary/aromatic N) is 1. The van der Waals surface area contributed by atoms with Gasteiger partial charge in [0.15, 0.2) is 0 Å². The highest BCUT2D eigenvalue weighted by Crippen LogP contribution is 2.16. The topological polar surface area (TPSA) is 91.8 Å². The van der Waals surface area contributed by atoms with Gasteiger partial charge < -0.3 is 4.74 Å². The van der Waals surface area contributed by atoms with E-state index in [1.54, 1.807) is 12.1 Å². The van der Waals surface area contributed by atoms with Crippen LogP contribution in [0, 0.1) is 5.92 Å². The van der Waals surface area contributed by atoms with Crippen molar-refractivity contribution < 1.29 is 14.3 Å². The van der Waals surface area contributed by atoms with Gasteiger partial charge in [-0.3, -0.25) is 26.0 Å². The molecule has 2 rings (SSSR count). The third-order valence-corrected chi connectivity index (χ3v) is 3.39. The minimum absolute atomic E-state index is 0.124. The van der Waals surface area contributed by atoms with Gasteiger partial charge in [0.1, 0.15) is 17.5 Å². The van der Waals surface area contributed by atoms with Crippen molar-refractivity contribution in [2.45, 2.75) is 52.7 Å². The molecule has 1 aliphatic rings. The highest BCUT2D eigenvalue weighted by molar-refractivity contribution is 6.03. The van der Waals surface area contributed by atoms with Crippen LogP contribution in [0.15, 0.2) is 29.3 Å². The van der Waals surface area contributed by atoms with Gasteiger partial charge in [-0.25, -0.2) is 4.79 Å². The van der Waals surface area contributed by atoms with Crippen LogP contribution in [-0.2, 0) is 9.53 Å². The Kier molecular flexibility index (Phi) is 5.66. The van der Waals surface area contributed by atoms with Crippen molar-refractivity contribution in [3.63, 3.8) is 0 Å². The molecule has 1 aliphatic heterocycles. The maximum atomic E-state index is 11.9. The molecular weight excluding hydrogens is 320 g/mol. The van der Waals surface area contributed by atoms with E-state index in [9.17, 15) is 9.59 Å². The van der Waals surface area contributed by atoms with E-state index >= 15 is 0 Å². The smallest absolute Gasteiger partial charge is 0.412 e. The molecule has 0 unspecified atom stereocenters. The number of aliphatic imine (C=N–C) groups is 1. The normalized spacial score (nSPS) is 17.4. The Labute approximate surface area is 148 Å². The molecule has 0 saturated heterocycles. The van der Waals surface area contributed by atoms with Crippen LogP contribution in [0.2, 0.25) is 0 Å². The first-order valence-electron chi connectivity index (χ1n) is 8.38. The Balaban J connectivity index is 2.06. The lowest BCUT2D eigenvalue weighted by molar-refractivity contribution is -0.123. The quantitative estimate of drug-likeness (QED) is 0.782. The summed E-state index contributed by atoms with van der Waals surface area (Å²) in [5.41, 5.74) is 6.37. The van der Waals surface area contributed by atoms with Crippen LogP contribution in [0.4, 0.5) is 10.5 Å². The van der Waals surface area contributed by atoms with Gasteiger partial charge in [0.05, 0.1) is 0 Å². The molecule has 0 saturated carbocycles. The third-order valence-electron chi connectivity index (χ3n) is 3.39. The molecule has 7 heteroatoms. The number of rotatable bonds is 4. The molecule has 0 spiro atoms. The summed E-state index contributed by atoms with van der Waals surface area (Å²) in [6.45, 7) is 9.54. The lowest BCUT2D eigenvalue weighted by atomic mass is 10.0. The number of benzene rings is 1. The predicted molar refractivity (Wildman–Crippen MR) is 97.4 cm³/mol. The van der Waals surface area contributed by atoms with E-state index in [1.807, 2.05) is 32.9 Å². The fourth-order valence-electron chi connectivity index (χ4n) is 2.34. The van der Waals surface area contributed by atoms with Gasteiger partial charge in [0, 0.05) is 11.3 Å². The number of amidine groups is 1. The predicted octanol–water partition coefficient (Wildman–Crippen LogP) is 2.83. The summed E-state index contributed by atoms with van der Waals surface area (Å²) in [5, 5.41) is 2.68. The first-order chi connectivity index (χ1) is 11.6. The summed E-state index contributed by atoms with van der Waals surface area (Å²) in [5.74, 6) is 0.856. The molecule has 1 aromatic carbocycles. The molecule has 0 bridgehead atoms. The van der Waals surface area contributed by atoms with E-state index in [-0.39, 0.29) is 5.91 Å². The average Bonchev–Trinajstić information content (AvgIpc) is 2.48. The summed E-state index contributed by atoms with van der Waals surface area (Å²) in [7, 11) is 0. The highest BCUT2D eigenvalue weighted by atomic mass is 16.6. The zero-order valence-corrected chi connectivity index (χ0v) is 15.3. The molecule has 0 aromatic heterocycles. The monoisotopic (exact) mass is 346 g/mol. The SMILES string of the molecule is CC(C)C[C@@H]1N=C(c2ccc(NC(=O)OC(C)(C)C)cc2)NNC1=O.